The number of hydrogen-bond donors (Lipinski definition) is 0. The summed E-state index contributed by atoms with van der Waals surface area (Å²) in [6.45, 7) is -0.223. The number of nitro groups is 1. The number of aromatic nitrogens is 2. The Morgan fingerprint density at radius 1 is 1.26 bits per heavy atom. The predicted octanol–water partition coefficient (Wildman–Crippen LogP) is 4.23. The van der Waals surface area contributed by atoms with Crippen molar-refractivity contribution in [3.05, 3.63) is 34.1 Å². The minimum absolute atomic E-state index is 0.0453. The molecule has 0 unspecified atom stereocenters. The zero-order chi connectivity index (χ0) is 17.4. The van der Waals surface area contributed by atoms with Gasteiger partial charge in [-0.1, -0.05) is 0 Å². The van der Waals surface area contributed by atoms with Gasteiger partial charge in [-0.25, -0.2) is 4.98 Å². The fourth-order valence-corrected chi connectivity index (χ4v) is 2.16. The fourth-order valence-electron chi connectivity index (χ4n) is 2.04. The molecule has 0 spiro atoms. The average Bonchev–Trinajstić information content (AvgIpc) is 2.82. The lowest BCUT2D eigenvalue weighted by Gasteiger charge is -2.20. The summed E-state index contributed by atoms with van der Waals surface area (Å²) in [5.74, 6) is -6.65. The van der Waals surface area contributed by atoms with E-state index in [1.807, 2.05) is 0 Å². The molecule has 0 fully saturated rings. The number of benzene rings is 1. The summed E-state index contributed by atoms with van der Waals surface area (Å²) in [4.78, 5) is 13.2. The Morgan fingerprint density at radius 3 is 2.43 bits per heavy atom. The fraction of sp³-hybridized carbons (Fsp3) is 0.417. The Morgan fingerprint density at radius 2 is 1.91 bits per heavy atom. The number of nitro benzene ring substituents is 1. The van der Waals surface area contributed by atoms with Crippen molar-refractivity contribution in [3.63, 3.8) is 0 Å². The number of imidazole rings is 1. The van der Waals surface area contributed by atoms with Gasteiger partial charge in [0.1, 0.15) is 0 Å². The third-order valence-electron chi connectivity index (χ3n) is 3.09. The lowest BCUT2D eigenvalue weighted by Crippen LogP contribution is -2.36. The normalized spacial score (nSPS) is 12.8. The van der Waals surface area contributed by atoms with Gasteiger partial charge >= 0.3 is 12.1 Å². The van der Waals surface area contributed by atoms with E-state index in [1.165, 1.54) is 0 Å². The summed E-state index contributed by atoms with van der Waals surface area (Å²) < 4.78 is 65.9. The van der Waals surface area contributed by atoms with Crippen LogP contribution in [-0.2, 0) is 12.5 Å². The van der Waals surface area contributed by atoms with E-state index < -0.39 is 28.5 Å². The van der Waals surface area contributed by atoms with Crippen molar-refractivity contribution < 1.29 is 26.9 Å². The molecular weight excluding hydrogens is 349 g/mol. The van der Waals surface area contributed by atoms with Crippen LogP contribution in [0, 0.1) is 10.1 Å². The van der Waals surface area contributed by atoms with Crippen LogP contribution < -0.4 is 0 Å². The van der Waals surface area contributed by atoms with E-state index >= 15 is 0 Å². The summed E-state index contributed by atoms with van der Waals surface area (Å²) in [6, 6.07) is 2.95. The smallest absolute Gasteiger partial charge is 0.323 e. The van der Waals surface area contributed by atoms with Gasteiger partial charge in [-0.3, -0.25) is 10.1 Å². The van der Waals surface area contributed by atoms with Crippen molar-refractivity contribution in [3.8, 4) is 0 Å². The molecule has 11 heteroatoms. The quantitative estimate of drug-likeness (QED) is 0.348. The van der Waals surface area contributed by atoms with E-state index in [2.05, 4.69) is 4.98 Å². The first-order valence-corrected chi connectivity index (χ1v) is 6.78. The second-order valence-corrected chi connectivity index (χ2v) is 5.01. The molecule has 2 rings (SSSR count). The molecule has 23 heavy (non-hydrogen) atoms. The summed E-state index contributed by atoms with van der Waals surface area (Å²) in [5.41, 5.74) is -0.825. The number of aryl methyl sites for hydroxylation is 1. The van der Waals surface area contributed by atoms with Crippen LogP contribution in [0.3, 0.4) is 0 Å². The number of rotatable bonds is 5. The van der Waals surface area contributed by atoms with Crippen LogP contribution in [0.15, 0.2) is 18.2 Å². The summed E-state index contributed by atoms with van der Waals surface area (Å²) in [5, 5.41) is 10.7. The van der Waals surface area contributed by atoms with Crippen molar-refractivity contribution in [1.29, 1.82) is 0 Å². The van der Waals surface area contributed by atoms with Crippen LogP contribution in [0.1, 0.15) is 12.2 Å². The molecule has 0 bridgehead atoms. The number of fused-ring (bicyclic) bond motifs is 1. The highest BCUT2D eigenvalue weighted by molar-refractivity contribution is 6.17. The van der Waals surface area contributed by atoms with Crippen molar-refractivity contribution in [2.24, 2.45) is 0 Å². The number of nitrogens with zero attached hydrogens (tertiary/aromatic N) is 3. The van der Waals surface area contributed by atoms with Crippen LogP contribution in [0.25, 0.3) is 11.0 Å². The molecule has 0 saturated heterocycles. The lowest BCUT2D eigenvalue weighted by atomic mass is 10.2. The summed E-state index contributed by atoms with van der Waals surface area (Å²) in [7, 11) is 0. The van der Waals surface area contributed by atoms with Gasteiger partial charge < -0.3 is 4.57 Å². The molecule has 0 amide bonds. The third kappa shape index (κ3) is 3.07. The highest BCUT2D eigenvalue weighted by Crippen LogP contribution is 2.44. The monoisotopic (exact) mass is 357 g/mol. The minimum atomic E-state index is -5.83. The van der Waals surface area contributed by atoms with Gasteiger partial charge in [-0.05, 0) is 12.5 Å². The van der Waals surface area contributed by atoms with E-state index in [4.69, 9.17) is 11.6 Å². The molecule has 2 aromatic rings. The molecule has 1 aromatic carbocycles. The van der Waals surface area contributed by atoms with Gasteiger partial charge in [0.15, 0.2) is 5.82 Å². The Bertz CT molecular complexity index is 744. The van der Waals surface area contributed by atoms with Gasteiger partial charge in [0.25, 0.3) is 5.69 Å². The molecule has 5 nitrogen and oxygen atoms in total. The van der Waals surface area contributed by atoms with Gasteiger partial charge in [0, 0.05) is 24.6 Å². The minimum Gasteiger partial charge on any atom is -0.323 e. The third-order valence-corrected chi connectivity index (χ3v) is 3.36. The Labute approximate surface area is 130 Å². The number of alkyl halides is 6. The van der Waals surface area contributed by atoms with Crippen LogP contribution in [-0.4, -0.2) is 26.5 Å². The Kier molecular flexibility index (Phi) is 4.47. The van der Waals surface area contributed by atoms with Gasteiger partial charge in [-0.2, -0.15) is 22.0 Å². The SMILES string of the molecule is O=[N+]([O-])c1ccc2c(c1)nc(C(F)(F)C(F)(F)F)n2CCCCl. The molecular formula is C12H9ClF5N3O2. The zero-order valence-electron chi connectivity index (χ0n) is 11.3. The first kappa shape index (κ1) is 17.4. The van der Waals surface area contributed by atoms with E-state index in [0.29, 0.717) is 4.57 Å². The summed E-state index contributed by atoms with van der Waals surface area (Å²) in [6.07, 6.45) is -5.70. The molecule has 1 aromatic heterocycles. The van der Waals surface area contributed by atoms with Crippen LogP contribution in [0.4, 0.5) is 27.6 Å². The standard InChI is InChI=1S/C12H9ClF5N3O2/c13-4-1-5-20-9-3-2-7(21(22)23)6-8(9)19-10(20)11(14,15)12(16,17)18/h2-3,6H,1,4-5H2. The van der Waals surface area contributed by atoms with Crippen LogP contribution in [0.5, 0.6) is 0 Å². The molecule has 0 saturated carbocycles. The predicted molar refractivity (Wildman–Crippen MR) is 71.7 cm³/mol. The first-order valence-electron chi connectivity index (χ1n) is 6.25. The first-order chi connectivity index (χ1) is 10.6. The van der Waals surface area contributed by atoms with Gasteiger partial charge in [-0.15, -0.1) is 11.6 Å². The molecule has 126 valence electrons. The van der Waals surface area contributed by atoms with Crippen molar-refractivity contribution >= 4 is 28.3 Å². The Balaban J connectivity index is 2.69. The average molecular weight is 358 g/mol. The Hall–Kier alpha value is -1.97. The molecule has 0 radical (unpaired) electrons. The number of hydrogen-bond acceptors (Lipinski definition) is 3. The zero-order valence-corrected chi connectivity index (χ0v) is 12.0. The molecule has 0 aliphatic rings. The topological polar surface area (TPSA) is 61.0 Å². The van der Waals surface area contributed by atoms with E-state index in [9.17, 15) is 32.1 Å². The van der Waals surface area contributed by atoms with Crippen LogP contribution in [0.2, 0.25) is 0 Å². The van der Waals surface area contributed by atoms with E-state index in [1.54, 1.807) is 0 Å². The van der Waals surface area contributed by atoms with Crippen LogP contribution >= 0.6 is 11.6 Å². The maximum atomic E-state index is 13.7. The summed E-state index contributed by atoms with van der Waals surface area (Å²) >= 11 is 5.46. The van der Waals surface area contributed by atoms with E-state index in [0.717, 1.165) is 18.2 Å². The number of halogens is 6. The highest BCUT2D eigenvalue weighted by atomic mass is 35.5. The maximum absolute atomic E-state index is 13.7. The second-order valence-electron chi connectivity index (χ2n) is 4.63. The molecule has 0 aliphatic carbocycles. The molecule has 0 N–H and O–H groups in total. The van der Waals surface area contributed by atoms with Crippen molar-refractivity contribution in [2.45, 2.75) is 25.1 Å². The van der Waals surface area contributed by atoms with Gasteiger partial charge in [0.2, 0.25) is 0 Å². The largest absolute Gasteiger partial charge is 0.461 e. The van der Waals surface area contributed by atoms with E-state index in [-0.39, 0.29) is 29.9 Å². The van der Waals surface area contributed by atoms with Crippen molar-refractivity contribution in [2.75, 3.05) is 5.88 Å². The maximum Gasteiger partial charge on any atom is 0.461 e. The molecule has 0 aliphatic heterocycles. The molecule has 1 heterocycles. The second kappa shape index (κ2) is 5.91. The van der Waals surface area contributed by atoms with Gasteiger partial charge in [0.05, 0.1) is 16.0 Å². The lowest BCUT2D eigenvalue weighted by molar-refractivity contribution is -0.384. The van der Waals surface area contributed by atoms with Crippen molar-refractivity contribution in [1.82, 2.24) is 9.55 Å². The highest BCUT2D eigenvalue weighted by Gasteiger charge is 2.61. The molecule has 0 atom stereocenters. The number of non-ortho nitro benzene ring substituents is 1.